The Kier molecular flexibility index (Phi) is 6.71. The number of aromatic carboxylic acids is 1. The van der Waals surface area contributed by atoms with Crippen molar-refractivity contribution in [2.24, 2.45) is 0 Å². The number of nitrogens with zero attached hydrogens (tertiary/aromatic N) is 3. The monoisotopic (exact) mass is 507 g/mol. The number of piperidine rings is 1. The Bertz CT molecular complexity index is 1460. The number of aromatic nitrogens is 2. The van der Waals surface area contributed by atoms with E-state index in [9.17, 15) is 14.7 Å². The van der Waals surface area contributed by atoms with Crippen molar-refractivity contribution in [2.45, 2.75) is 57.4 Å². The van der Waals surface area contributed by atoms with Crippen LogP contribution in [0.4, 0.5) is 5.69 Å². The molecule has 38 heavy (non-hydrogen) atoms. The van der Waals surface area contributed by atoms with Crippen molar-refractivity contribution >= 4 is 28.5 Å². The zero-order valence-corrected chi connectivity index (χ0v) is 21.6. The SMILES string of the molecule is O=C(O)c1ccc2c(c1)nc(-c1ccc(C(=O)Cc3ccc(N4CCCCC4)cc3)cc1)n2C1CCCC1. The van der Waals surface area contributed by atoms with E-state index in [4.69, 9.17) is 4.98 Å². The summed E-state index contributed by atoms with van der Waals surface area (Å²) in [6.07, 6.45) is 8.73. The second-order valence-corrected chi connectivity index (χ2v) is 10.6. The zero-order valence-electron chi connectivity index (χ0n) is 21.6. The molecular weight excluding hydrogens is 474 g/mol. The summed E-state index contributed by atoms with van der Waals surface area (Å²) in [5.74, 6) is -0.0210. The fourth-order valence-electron chi connectivity index (χ4n) is 6.04. The van der Waals surface area contributed by atoms with E-state index in [-0.39, 0.29) is 11.3 Å². The molecule has 6 rings (SSSR count). The van der Waals surface area contributed by atoms with Gasteiger partial charge in [-0.2, -0.15) is 0 Å². The number of carboxylic acids is 1. The third-order valence-corrected chi connectivity index (χ3v) is 8.11. The average molecular weight is 508 g/mol. The summed E-state index contributed by atoms with van der Waals surface area (Å²) >= 11 is 0. The van der Waals surface area contributed by atoms with E-state index >= 15 is 0 Å². The molecule has 2 heterocycles. The zero-order chi connectivity index (χ0) is 26.1. The molecule has 6 heteroatoms. The van der Waals surface area contributed by atoms with Crippen molar-refractivity contribution in [1.29, 1.82) is 0 Å². The lowest BCUT2D eigenvalue weighted by molar-refractivity contribution is 0.0696. The topological polar surface area (TPSA) is 75.4 Å². The molecule has 194 valence electrons. The summed E-state index contributed by atoms with van der Waals surface area (Å²) in [6, 6.07) is 21.7. The number of Topliss-reactive ketones (excluding diaryl/α,β-unsaturated/α-hetero) is 1. The lowest BCUT2D eigenvalue weighted by Crippen LogP contribution is -2.29. The number of imidazole rings is 1. The van der Waals surface area contributed by atoms with Crippen LogP contribution >= 0.6 is 0 Å². The van der Waals surface area contributed by atoms with Crippen LogP contribution in [0.1, 0.15) is 77.3 Å². The van der Waals surface area contributed by atoms with Gasteiger partial charge in [-0.05, 0) is 68.0 Å². The second-order valence-electron chi connectivity index (χ2n) is 10.6. The van der Waals surface area contributed by atoms with Gasteiger partial charge < -0.3 is 14.6 Å². The minimum atomic E-state index is -0.951. The van der Waals surface area contributed by atoms with Gasteiger partial charge in [-0.25, -0.2) is 9.78 Å². The van der Waals surface area contributed by atoms with Gasteiger partial charge in [0.2, 0.25) is 0 Å². The van der Waals surface area contributed by atoms with Gasteiger partial charge in [-0.15, -0.1) is 0 Å². The van der Waals surface area contributed by atoms with Crippen LogP contribution in [-0.2, 0) is 6.42 Å². The van der Waals surface area contributed by atoms with Crippen molar-refractivity contribution in [3.05, 3.63) is 83.4 Å². The number of benzene rings is 3. The fraction of sp³-hybridized carbons (Fsp3) is 0.344. The lowest BCUT2D eigenvalue weighted by atomic mass is 10.0. The van der Waals surface area contributed by atoms with Gasteiger partial charge in [-0.1, -0.05) is 49.2 Å². The van der Waals surface area contributed by atoms with Crippen molar-refractivity contribution in [3.8, 4) is 11.4 Å². The molecule has 1 aliphatic carbocycles. The maximum Gasteiger partial charge on any atom is 0.335 e. The third-order valence-electron chi connectivity index (χ3n) is 8.11. The summed E-state index contributed by atoms with van der Waals surface area (Å²) in [6.45, 7) is 2.22. The molecule has 0 spiro atoms. The molecule has 4 aromatic rings. The van der Waals surface area contributed by atoms with Crippen LogP contribution in [0.2, 0.25) is 0 Å². The molecule has 0 atom stereocenters. The molecule has 1 N–H and O–H groups in total. The van der Waals surface area contributed by atoms with E-state index in [0.717, 1.165) is 48.4 Å². The normalized spacial score (nSPS) is 16.3. The predicted octanol–water partition coefficient (Wildman–Crippen LogP) is 6.93. The molecular formula is C32H33N3O3. The number of hydrogen-bond donors (Lipinski definition) is 1. The fourth-order valence-corrected chi connectivity index (χ4v) is 6.04. The summed E-state index contributed by atoms with van der Waals surface area (Å²) < 4.78 is 2.27. The predicted molar refractivity (Wildman–Crippen MR) is 150 cm³/mol. The smallest absolute Gasteiger partial charge is 0.335 e. The molecule has 0 amide bonds. The molecule has 0 unspecified atom stereocenters. The van der Waals surface area contributed by atoms with Crippen molar-refractivity contribution < 1.29 is 14.7 Å². The Morgan fingerprint density at radius 2 is 1.50 bits per heavy atom. The molecule has 1 saturated heterocycles. The maximum atomic E-state index is 13.1. The number of ketones is 1. The summed E-state index contributed by atoms with van der Waals surface area (Å²) in [4.78, 5) is 31.9. The first-order chi connectivity index (χ1) is 18.6. The molecule has 1 aromatic heterocycles. The minimum absolute atomic E-state index is 0.0951. The number of carbonyl (C=O) groups excluding carboxylic acids is 1. The summed E-state index contributed by atoms with van der Waals surface area (Å²) in [5.41, 5.74) is 5.79. The first kappa shape index (κ1) is 24.4. The highest BCUT2D eigenvalue weighted by atomic mass is 16.4. The Balaban J connectivity index is 1.23. The molecule has 1 saturated carbocycles. The molecule has 0 radical (unpaired) electrons. The maximum absolute atomic E-state index is 13.1. The van der Waals surface area contributed by atoms with Crippen LogP contribution < -0.4 is 4.90 Å². The van der Waals surface area contributed by atoms with Crippen LogP contribution in [0.3, 0.4) is 0 Å². The van der Waals surface area contributed by atoms with E-state index in [1.165, 1.54) is 37.8 Å². The van der Waals surface area contributed by atoms with Gasteiger partial charge in [0.1, 0.15) is 5.82 Å². The largest absolute Gasteiger partial charge is 0.478 e. The average Bonchev–Trinajstić information content (AvgIpc) is 3.61. The van der Waals surface area contributed by atoms with Crippen LogP contribution in [0.15, 0.2) is 66.7 Å². The Morgan fingerprint density at radius 3 is 2.18 bits per heavy atom. The molecule has 1 aliphatic heterocycles. The number of anilines is 1. The van der Waals surface area contributed by atoms with Crippen molar-refractivity contribution in [1.82, 2.24) is 9.55 Å². The highest BCUT2D eigenvalue weighted by Crippen LogP contribution is 2.37. The van der Waals surface area contributed by atoms with Gasteiger partial charge in [0.25, 0.3) is 0 Å². The standard InChI is InChI=1S/C32H33N3O3/c36-30(20-22-8-15-26(16-9-22)34-18-4-1-5-19-34)23-10-12-24(13-11-23)31-33-28-21-25(32(37)38)14-17-29(28)35(31)27-6-2-3-7-27/h8-17,21,27H,1-7,18-20H2,(H,37,38). The molecule has 2 aliphatic rings. The van der Waals surface area contributed by atoms with Gasteiger partial charge in [0.05, 0.1) is 16.6 Å². The van der Waals surface area contributed by atoms with Crippen LogP contribution in [0, 0.1) is 0 Å². The van der Waals surface area contributed by atoms with Gasteiger partial charge in [0.15, 0.2) is 5.78 Å². The van der Waals surface area contributed by atoms with E-state index in [1.54, 1.807) is 12.1 Å². The number of hydrogen-bond acceptors (Lipinski definition) is 4. The molecule has 2 fully saturated rings. The van der Waals surface area contributed by atoms with Gasteiger partial charge >= 0.3 is 5.97 Å². The molecule has 0 bridgehead atoms. The quantitative estimate of drug-likeness (QED) is 0.275. The third kappa shape index (κ3) is 4.83. The first-order valence-corrected chi connectivity index (χ1v) is 13.8. The van der Waals surface area contributed by atoms with E-state index < -0.39 is 5.97 Å². The van der Waals surface area contributed by atoms with E-state index in [1.807, 2.05) is 30.3 Å². The highest BCUT2D eigenvalue weighted by Gasteiger charge is 2.24. The van der Waals surface area contributed by atoms with Crippen molar-refractivity contribution in [3.63, 3.8) is 0 Å². The molecule has 6 nitrogen and oxygen atoms in total. The van der Waals surface area contributed by atoms with E-state index in [2.05, 4.69) is 33.7 Å². The molecule has 3 aromatic carbocycles. The number of fused-ring (bicyclic) bond motifs is 1. The van der Waals surface area contributed by atoms with Gasteiger partial charge in [-0.3, -0.25) is 4.79 Å². The Labute approximate surface area is 222 Å². The number of rotatable bonds is 7. The van der Waals surface area contributed by atoms with Crippen molar-refractivity contribution in [2.75, 3.05) is 18.0 Å². The Hall–Kier alpha value is -3.93. The number of carboxylic acid groups (broad SMARTS) is 1. The van der Waals surface area contributed by atoms with E-state index in [0.29, 0.717) is 23.5 Å². The summed E-state index contributed by atoms with van der Waals surface area (Å²) in [7, 11) is 0. The first-order valence-electron chi connectivity index (χ1n) is 13.8. The van der Waals surface area contributed by atoms with Crippen LogP contribution in [-0.4, -0.2) is 39.5 Å². The van der Waals surface area contributed by atoms with Crippen LogP contribution in [0.5, 0.6) is 0 Å². The van der Waals surface area contributed by atoms with Crippen LogP contribution in [0.25, 0.3) is 22.4 Å². The minimum Gasteiger partial charge on any atom is -0.478 e. The Morgan fingerprint density at radius 1 is 0.816 bits per heavy atom. The highest BCUT2D eigenvalue weighted by molar-refractivity contribution is 5.98. The summed E-state index contributed by atoms with van der Waals surface area (Å²) in [5, 5.41) is 9.44. The second kappa shape index (κ2) is 10.4. The lowest BCUT2D eigenvalue weighted by Gasteiger charge is -2.28. The number of carbonyl (C=O) groups is 2. The van der Waals surface area contributed by atoms with Gasteiger partial charge in [0, 0.05) is 42.4 Å².